The van der Waals surface area contributed by atoms with E-state index in [0.717, 1.165) is 36.0 Å². The van der Waals surface area contributed by atoms with Crippen LogP contribution in [0.5, 0.6) is 0 Å². The van der Waals surface area contributed by atoms with E-state index in [2.05, 4.69) is 15.9 Å². The Bertz CT molecular complexity index is 666. The fraction of sp³-hybridized carbons (Fsp3) is 0.684. The highest BCUT2D eigenvalue weighted by molar-refractivity contribution is 9.10. The van der Waals surface area contributed by atoms with Crippen LogP contribution in [-0.2, 0) is 9.53 Å². The highest BCUT2D eigenvalue weighted by Crippen LogP contribution is 2.65. The molecule has 1 aromatic heterocycles. The number of hydrogen-bond acceptors (Lipinski definition) is 4. The second-order valence-electron chi connectivity index (χ2n) is 8.28. The van der Waals surface area contributed by atoms with Crippen molar-refractivity contribution in [3.8, 4) is 0 Å². The number of rotatable bonds is 5. The second kappa shape index (κ2) is 5.94. The molecule has 0 amide bonds. The van der Waals surface area contributed by atoms with Gasteiger partial charge in [-0.1, -0.05) is 15.9 Å². The molecule has 0 aromatic carbocycles. The number of ketones is 1. The summed E-state index contributed by atoms with van der Waals surface area (Å²) in [6.07, 6.45) is 7.73. The molecule has 0 saturated heterocycles. The van der Waals surface area contributed by atoms with Gasteiger partial charge in [0.25, 0.3) is 0 Å². The van der Waals surface area contributed by atoms with Crippen LogP contribution in [-0.4, -0.2) is 22.7 Å². The van der Waals surface area contributed by atoms with Gasteiger partial charge >= 0.3 is 5.97 Å². The maximum atomic E-state index is 12.4. The quantitative estimate of drug-likeness (QED) is 0.393. The Kier molecular flexibility index (Phi) is 4.15. The number of carbonyl (C=O) groups excluding carboxylic acids is 2. The first-order chi connectivity index (χ1) is 11.3. The molecule has 5 rings (SSSR count). The Morgan fingerprint density at radius 3 is 2.54 bits per heavy atom. The third kappa shape index (κ3) is 3.22. The lowest BCUT2D eigenvalue weighted by atomic mass is 9.49. The van der Waals surface area contributed by atoms with Crippen molar-refractivity contribution in [3.63, 3.8) is 0 Å². The van der Waals surface area contributed by atoms with E-state index in [1.165, 1.54) is 30.6 Å². The molecule has 24 heavy (non-hydrogen) atoms. The van der Waals surface area contributed by atoms with E-state index in [1.54, 1.807) is 0 Å². The van der Waals surface area contributed by atoms with Crippen LogP contribution in [0.25, 0.3) is 0 Å². The summed E-state index contributed by atoms with van der Waals surface area (Å²) in [5.74, 6) is 1.22. The van der Waals surface area contributed by atoms with Gasteiger partial charge in [-0.2, -0.15) is 0 Å². The minimum Gasteiger partial charge on any atom is -0.457 e. The van der Waals surface area contributed by atoms with Crippen molar-refractivity contribution >= 4 is 39.0 Å². The number of carbonyl (C=O) groups is 2. The van der Waals surface area contributed by atoms with Crippen molar-refractivity contribution in [2.75, 3.05) is 6.61 Å². The summed E-state index contributed by atoms with van der Waals surface area (Å²) >= 11 is 5.43. The lowest BCUT2D eigenvalue weighted by Crippen LogP contribution is -2.53. The van der Waals surface area contributed by atoms with Crippen molar-refractivity contribution in [1.82, 2.24) is 0 Å². The number of thiophene rings is 1. The van der Waals surface area contributed by atoms with E-state index in [9.17, 15) is 9.59 Å². The summed E-state index contributed by atoms with van der Waals surface area (Å²) < 4.78 is 5.59. The van der Waals surface area contributed by atoms with E-state index in [1.807, 2.05) is 19.1 Å². The Morgan fingerprint density at radius 1 is 1.25 bits per heavy atom. The topological polar surface area (TPSA) is 43.4 Å². The molecular formula is C19H23BrO3S. The predicted molar refractivity (Wildman–Crippen MR) is 97.7 cm³/mol. The molecule has 1 aromatic rings. The lowest BCUT2D eigenvalue weighted by molar-refractivity contribution is -0.149. The number of halogens is 1. The molecule has 4 saturated carbocycles. The van der Waals surface area contributed by atoms with Gasteiger partial charge in [-0.25, -0.2) is 0 Å². The molecule has 0 radical (unpaired) electrons. The molecule has 5 heteroatoms. The first-order valence-electron chi connectivity index (χ1n) is 8.79. The molecular weight excluding hydrogens is 388 g/mol. The molecule has 3 nitrogen and oxygen atoms in total. The average molecular weight is 411 g/mol. The predicted octanol–water partition coefficient (Wildman–Crippen LogP) is 4.91. The van der Waals surface area contributed by atoms with E-state index < -0.39 is 0 Å². The van der Waals surface area contributed by atoms with Gasteiger partial charge in [0, 0.05) is 9.20 Å². The maximum Gasteiger partial charge on any atom is 0.306 e. The Balaban J connectivity index is 1.35. The highest BCUT2D eigenvalue weighted by Gasteiger charge is 2.57. The number of aryl methyl sites for hydroxylation is 1. The molecule has 4 aliphatic rings. The van der Waals surface area contributed by atoms with Gasteiger partial charge in [0.2, 0.25) is 5.78 Å². The van der Waals surface area contributed by atoms with Gasteiger partial charge in [0.05, 0.1) is 11.3 Å². The smallest absolute Gasteiger partial charge is 0.306 e. The molecule has 4 bridgehead atoms. The normalized spacial score (nSPS) is 36.8. The summed E-state index contributed by atoms with van der Waals surface area (Å²) in [6, 6.07) is 3.73. The van der Waals surface area contributed by atoms with Crippen LogP contribution in [0, 0.1) is 24.2 Å². The minimum absolute atomic E-state index is 0.0936. The summed E-state index contributed by atoms with van der Waals surface area (Å²) in [5.41, 5.74) is 0.104. The van der Waals surface area contributed by atoms with Crippen LogP contribution in [0.1, 0.15) is 59.5 Å². The molecule has 0 spiro atoms. The number of hydrogen-bond donors (Lipinski definition) is 0. The number of alkyl halides is 1. The van der Waals surface area contributed by atoms with E-state index in [4.69, 9.17) is 4.74 Å². The number of Topliss-reactive ketones (excluding diaryl/α,β-unsaturated/α-hetero) is 1. The van der Waals surface area contributed by atoms with Crippen molar-refractivity contribution in [1.29, 1.82) is 0 Å². The van der Waals surface area contributed by atoms with Crippen LogP contribution < -0.4 is 0 Å². The first kappa shape index (κ1) is 16.8. The average Bonchev–Trinajstić information content (AvgIpc) is 2.88. The van der Waals surface area contributed by atoms with Crippen LogP contribution >= 0.6 is 27.3 Å². The van der Waals surface area contributed by atoms with Gasteiger partial charge < -0.3 is 4.74 Å². The van der Waals surface area contributed by atoms with Gasteiger partial charge in [0.15, 0.2) is 6.61 Å². The van der Waals surface area contributed by atoms with Gasteiger partial charge in [-0.15, -0.1) is 11.3 Å². The van der Waals surface area contributed by atoms with Gasteiger partial charge in [0.1, 0.15) is 0 Å². The van der Waals surface area contributed by atoms with E-state index >= 15 is 0 Å². The van der Waals surface area contributed by atoms with Crippen LogP contribution in [0.2, 0.25) is 0 Å². The summed E-state index contributed by atoms with van der Waals surface area (Å²) in [6.45, 7) is 1.85. The maximum absolute atomic E-state index is 12.4. The molecule has 0 N–H and O–H groups in total. The Morgan fingerprint density at radius 2 is 1.96 bits per heavy atom. The zero-order chi connectivity index (χ0) is 16.9. The first-order valence-corrected chi connectivity index (χ1v) is 10.4. The summed E-state index contributed by atoms with van der Waals surface area (Å²) in [7, 11) is 0. The highest BCUT2D eigenvalue weighted by atomic mass is 79.9. The molecule has 4 atom stereocenters. The van der Waals surface area contributed by atoms with E-state index in [-0.39, 0.29) is 28.1 Å². The minimum atomic E-state index is -0.199. The monoisotopic (exact) mass is 410 g/mol. The molecule has 0 aliphatic heterocycles. The van der Waals surface area contributed by atoms with Crippen molar-refractivity contribution < 1.29 is 14.3 Å². The third-order valence-electron chi connectivity index (χ3n) is 6.01. The van der Waals surface area contributed by atoms with Crippen LogP contribution in [0.15, 0.2) is 12.1 Å². The summed E-state index contributed by atoms with van der Waals surface area (Å²) in [4.78, 5) is 26.3. The summed E-state index contributed by atoms with van der Waals surface area (Å²) in [5, 5.41) is 0. The Labute approximate surface area is 155 Å². The molecule has 4 aliphatic carbocycles. The molecule has 1 heterocycles. The zero-order valence-corrected chi connectivity index (χ0v) is 16.4. The molecule has 2 unspecified atom stereocenters. The lowest BCUT2D eigenvalue weighted by Gasteiger charge is -2.60. The van der Waals surface area contributed by atoms with Crippen LogP contribution in [0.4, 0.5) is 0 Å². The number of esters is 1. The number of ether oxygens (including phenoxy) is 1. The van der Waals surface area contributed by atoms with Gasteiger partial charge in [-0.05, 0) is 74.8 Å². The SMILES string of the molecule is Cc1ccc(C(=O)COC(=O)CC23C[C@@H]4C[C@@H](CC(Br)(C4)C2)C3)s1. The zero-order valence-electron chi connectivity index (χ0n) is 14.0. The fourth-order valence-electron chi connectivity index (χ4n) is 5.70. The van der Waals surface area contributed by atoms with E-state index in [0.29, 0.717) is 11.3 Å². The molecule has 4 fully saturated rings. The Hall–Kier alpha value is -0.680. The van der Waals surface area contributed by atoms with Crippen molar-refractivity contribution in [2.24, 2.45) is 17.3 Å². The van der Waals surface area contributed by atoms with Crippen LogP contribution in [0.3, 0.4) is 0 Å². The van der Waals surface area contributed by atoms with Crippen molar-refractivity contribution in [2.45, 2.75) is 56.2 Å². The standard InChI is InChI=1S/C19H23BrO3S/c1-12-2-3-16(24-12)15(21)10-23-17(22)9-18-5-13-4-14(6-18)8-19(20,7-13)11-18/h2-3,13-14H,4-11H2,1H3/t13-,14+,18?,19?. The van der Waals surface area contributed by atoms with Gasteiger partial charge in [-0.3, -0.25) is 9.59 Å². The third-order valence-corrected chi connectivity index (χ3v) is 7.98. The largest absolute Gasteiger partial charge is 0.457 e. The van der Waals surface area contributed by atoms with Crippen molar-refractivity contribution in [3.05, 3.63) is 21.9 Å². The second-order valence-corrected chi connectivity index (χ2v) is 11.3. The fourth-order valence-corrected chi connectivity index (χ4v) is 8.00. The molecule has 130 valence electrons.